The molecule has 0 radical (unpaired) electrons. The Morgan fingerprint density at radius 3 is 2.14 bits per heavy atom. The van der Waals surface area contributed by atoms with Gasteiger partial charge in [-0.2, -0.15) is 4.31 Å². The van der Waals surface area contributed by atoms with E-state index in [2.05, 4.69) is 4.90 Å². The van der Waals surface area contributed by atoms with Crippen LogP contribution in [-0.2, 0) is 25.9 Å². The summed E-state index contributed by atoms with van der Waals surface area (Å²) in [6.45, 7) is 3.74. The molecule has 0 bridgehead atoms. The van der Waals surface area contributed by atoms with Gasteiger partial charge in [0, 0.05) is 18.7 Å². The lowest BCUT2D eigenvalue weighted by Crippen LogP contribution is -2.42. The van der Waals surface area contributed by atoms with Gasteiger partial charge in [-0.05, 0) is 105 Å². The summed E-state index contributed by atoms with van der Waals surface area (Å²) in [4.78, 5) is 14.6. The zero-order valence-corrected chi connectivity index (χ0v) is 24.7. The Balaban J connectivity index is 1.31. The molecule has 224 valence electrons. The first-order valence-corrected chi connectivity index (χ1v) is 15.5. The number of carbonyl (C=O) groups is 1. The van der Waals surface area contributed by atoms with Crippen LogP contribution in [0.4, 0.5) is 4.79 Å². The Bertz CT molecular complexity index is 1460. The quantitative estimate of drug-likeness (QED) is 0.285. The first-order valence-electron chi connectivity index (χ1n) is 14.0. The summed E-state index contributed by atoms with van der Waals surface area (Å²) in [5.41, 5.74) is 1.42. The van der Waals surface area contributed by atoms with Crippen molar-refractivity contribution in [2.75, 3.05) is 47.0 Å². The summed E-state index contributed by atoms with van der Waals surface area (Å²) >= 11 is 0. The van der Waals surface area contributed by atoms with E-state index in [0.29, 0.717) is 41.6 Å². The summed E-state index contributed by atoms with van der Waals surface area (Å²) in [7, 11) is -1.28. The number of ether oxygens (including phenoxy) is 5. The molecule has 0 saturated carbocycles. The maximum atomic E-state index is 13.8. The second-order valence-electron chi connectivity index (χ2n) is 10.2. The third-order valence-corrected chi connectivity index (χ3v) is 9.33. The molecule has 0 N–H and O–H groups in total. The summed E-state index contributed by atoms with van der Waals surface area (Å²) in [6, 6.07) is 18.6. The van der Waals surface area contributed by atoms with Gasteiger partial charge >= 0.3 is 6.16 Å². The second kappa shape index (κ2) is 13.5. The molecule has 1 atom stereocenters. The Kier molecular flexibility index (Phi) is 9.51. The summed E-state index contributed by atoms with van der Waals surface area (Å²) in [5.74, 6) is 2.46. The van der Waals surface area contributed by atoms with E-state index in [-0.39, 0.29) is 11.4 Å². The van der Waals surface area contributed by atoms with Crippen LogP contribution in [0.25, 0.3) is 0 Å². The average Bonchev–Trinajstić information content (AvgIpc) is 3.02. The van der Waals surface area contributed by atoms with E-state index in [4.69, 9.17) is 23.7 Å². The highest BCUT2D eigenvalue weighted by Crippen LogP contribution is 2.37. The van der Waals surface area contributed by atoms with Gasteiger partial charge in [-0.25, -0.2) is 13.2 Å². The van der Waals surface area contributed by atoms with Gasteiger partial charge in [-0.15, -0.1) is 0 Å². The molecule has 1 unspecified atom stereocenters. The lowest BCUT2D eigenvalue weighted by Gasteiger charge is -2.35. The number of sulfonamides is 1. The molecule has 1 saturated heterocycles. The van der Waals surface area contributed by atoms with E-state index < -0.39 is 22.4 Å². The Morgan fingerprint density at radius 1 is 0.833 bits per heavy atom. The van der Waals surface area contributed by atoms with Crippen LogP contribution in [0.15, 0.2) is 71.6 Å². The zero-order valence-electron chi connectivity index (χ0n) is 23.9. The van der Waals surface area contributed by atoms with Gasteiger partial charge in [0.1, 0.15) is 29.6 Å². The number of nitrogens with zero attached hydrogens (tertiary/aromatic N) is 2. The van der Waals surface area contributed by atoms with Gasteiger partial charge in [0.15, 0.2) is 6.23 Å². The van der Waals surface area contributed by atoms with Crippen LogP contribution in [0.3, 0.4) is 0 Å². The fourth-order valence-electron chi connectivity index (χ4n) is 5.21. The fourth-order valence-corrected chi connectivity index (χ4v) is 6.70. The number of carbonyl (C=O) groups excluding carboxylic acids is 1. The van der Waals surface area contributed by atoms with Crippen molar-refractivity contribution in [1.29, 1.82) is 0 Å². The van der Waals surface area contributed by atoms with E-state index >= 15 is 0 Å². The Morgan fingerprint density at radius 2 is 1.48 bits per heavy atom. The molecule has 3 aromatic rings. The molecular formula is C31H36N2O8S. The summed E-state index contributed by atoms with van der Waals surface area (Å²) in [5, 5.41) is 0. The van der Waals surface area contributed by atoms with Gasteiger partial charge < -0.3 is 23.7 Å². The first-order chi connectivity index (χ1) is 20.4. The Labute approximate surface area is 246 Å². The molecule has 0 spiro atoms. The Hall–Kier alpha value is -3.80. The molecule has 0 aromatic heterocycles. The molecule has 0 amide bonds. The first kappa shape index (κ1) is 29.7. The van der Waals surface area contributed by atoms with E-state index in [0.717, 1.165) is 25.2 Å². The molecule has 2 aliphatic rings. The molecule has 1 fully saturated rings. The maximum Gasteiger partial charge on any atom is 0.509 e. The van der Waals surface area contributed by atoms with Crippen LogP contribution in [0.2, 0.25) is 0 Å². The van der Waals surface area contributed by atoms with Crippen molar-refractivity contribution in [1.82, 2.24) is 9.21 Å². The maximum absolute atomic E-state index is 13.8. The van der Waals surface area contributed by atoms with Crippen molar-refractivity contribution < 1.29 is 36.9 Å². The van der Waals surface area contributed by atoms with Crippen LogP contribution >= 0.6 is 0 Å². The van der Waals surface area contributed by atoms with Gasteiger partial charge in [-0.1, -0.05) is 6.42 Å². The predicted octanol–water partition coefficient (Wildman–Crippen LogP) is 5.38. The topological polar surface area (TPSA) is 104 Å². The molecule has 3 aromatic carbocycles. The van der Waals surface area contributed by atoms with Crippen molar-refractivity contribution in [3.63, 3.8) is 0 Å². The number of fused-ring (bicyclic) bond motifs is 1. The number of rotatable bonds is 10. The monoisotopic (exact) mass is 596 g/mol. The highest BCUT2D eigenvalue weighted by Gasteiger charge is 2.39. The van der Waals surface area contributed by atoms with Crippen molar-refractivity contribution in [2.24, 2.45) is 0 Å². The average molecular weight is 597 g/mol. The number of hydrogen-bond donors (Lipinski definition) is 0. The van der Waals surface area contributed by atoms with Crippen molar-refractivity contribution in [3.8, 4) is 23.0 Å². The fraction of sp³-hybridized carbons (Fsp3) is 0.387. The van der Waals surface area contributed by atoms with Gasteiger partial charge in [-0.3, -0.25) is 4.90 Å². The van der Waals surface area contributed by atoms with Crippen LogP contribution in [-0.4, -0.2) is 70.8 Å². The molecule has 5 rings (SSSR count). The number of benzene rings is 3. The second-order valence-corrected chi connectivity index (χ2v) is 12.0. The number of methoxy groups -OCH3 is 2. The van der Waals surface area contributed by atoms with Gasteiger partial charge in [0.2, 0.25) is 10.0 Å². The lowest BCUT2D eigenvalue weighted by molar-refractivity contribution is -0.0149. The third-order valence-electron chi connectivity index (χ3n) is 7.47. The van der Waals surface area contributed by atoms with Crippen molar-refractivity contribution in [3.05, 3.63) is 77.9 Å². The highest BCUT2D eigenvalue weighted by molar-refractivity contribution is 7.89. The molecule has 2 heterocycles. The smallest absolute Gasteiger partial charge is 0.497 e. The van der Waals surface area contributed by atoms with Gasteiger partial charge in [0.05, 0.1) is 19.1 Å². The number of hydrogen-bond acceptors (Lipinski definition) is 9. The van der Waals surface area contributed by atoms with E-state index in [1.54, 1.807) is 55.6 Å². The van der Waals surface area contributed by atoms with Gasteiger partial charge in [0.25, 0.3) is 0 Å². The standard InChI is InChI=1S/C31H36N2O8S/c1-37-24-6-8-25(9-7-24)40-26-10-13-28(14-11-26)42(35,36)33-19-16-23-22-27(39-21-20-32-17-4-3-5-18-32)12-15-29(23)30(33)41-31(34)38-2/h6-15,22,30H,3-5,16-21H2,1-2H3. The SMILES string of the molecule is COC(=O)OC1c2ccc(OCCN3CCCCC3)cc2CCN1S(=O)(=O)c1ccc(Oc2ccc(OC)cc2)cc1. The number of piperidine rings is 1. The molecule has 42 heavy (non-hydrogen) atoms. The van der Waals surface area contributed by atoms with Crippen LogP contribution < -0.4 is 14.2 Å². The third kappa shape index (κ3) is 6.97. The van der Waals surface area contributed by atoms with E-state index in [1.165, 1.54) is 42.8 Å². The van der Waals surface area contributed by atoms with Crippen LogP contribution in [0.5, 0.6) is 23.0 Å². The van der Waals surface area contributed by atoms with Crippen LogP contribution in [0, 0.1) is 0 Å². The van der Waals surface area contributed by atoms with E-state index in [1.807, 2.05) is 6.07 Å². The molecule has 0 aliphatic carbocycles. The largest absolute Gasteiger partial charge is 0.509 e. The predicted molar refractivity (Wildman–Crippen MR) is 156 cm³/mol. The molecular weight excluding hydrogens is 560 g/mol. The van der Waals surface area contributed by atoms with Crippen molar-refractivity contribution >= 4 is 16.2 Å². The molecule has 2 aliphatic heterocycles. The minimum atomic E-state index is -4.05. The summed E-state index contributed by atoms with van der Waals surface area (Å²) < 4.78 is 56.0. The van der Waals surface area contributed by atoms with Crippen LogP contribution in [0.1, 0.15) is 36.6 Å². The normalized spacial score (nSPS) is 17.6. The minimum Gasteiger partial charge on any atom is -0.497 e. The lowest BCUT2D eigenvalue weighted by atomic mass is 9.99. The highest BCUT2D eigenvalue weighted by atomic mass is 32.2. The minimum absolute atomic E-state index is 0.0455. The molecule has 11 heteroatoms. The van der Waals surface area contributed by atoms with Crippen molar-refractivity contribution in [2.45, 2.75) is 36.8 Å². The van der Waals surface area contributed by atoms with E-state index in [9.17, 15) is 13.2 Å². The number of likely N-dealkylation sites (tertiary alicyclic amines) is 1. The molecule has 10 nitrogen and oxygen atoms in total. The summed E-state index contributed by atoms with van der Waals surface area (Å²) in [6.07, 6.45) is 2.00. The zero-order chi connectivity index (χ0) is 29.5.